The van der Waals surface area contributed by atoms with Gasteiger partial charge in [-0.25, -0.2) is 9.59 Å². The summed E-state index contributed by atoms with van der Waals surface area (Å²) < 4.78 is 0. The molecule has 0 bridgehead atoms. The zero-order chi connectivity index (χ0) is 15.3. The number of rotatable bonds is 4. The standard InChI is InChI=1S/C15H28N2O3/c1-10-7-5-6-8-11(10)9-16-14(20)17-12(13(18)19)15(2,3)4/h10-12H,5-9H2,1-4H3,(H,18,19)(H2,16,17,20). The van der Waals surface area contributed by atoms with Gasteiger partial charge in [-0.3, -0.25) is 0 Å². The summed E-state index contributed by atoms with van der Waals surface area (Å²) in [6, 6.07) is -1.27. The van der Waals surface area contributed by atoms with Crippen molar-refractivity contribution in [2.24, 2.45) is 17.3 Å². The lowest BCUT2D eigenvalue weighted by Crippen LogP contribution is -2.53. The van der Waals surface area contributed by atoms with Gasteiger partial charge in [-0.05, 0) is 23.7 Å². The second-order valence-electron chi connectivity index (χ2n) is 7.01. The molecule has 0 radical (unpaired) electrons. The molecular formula is C15H28N2O3. The van der Waals surface area contributed by atoms with Crippen molar-refractivity contribution >= 4 is 12.0 Å². The molecule has 3 unspecified atom stereocenters. The summed E-state index contributed by atoms with van der Waals surface area (Å²) >= 11 is 0. The van der Waals surface area contributed by atoms with E-state index in [1.54, 1.807) is 20.8 Å². The lowest BCUT2D eigenvalue weighted by Gasteiger charge is -2.30. The molecule has 2 amide bonds. The Bertz CT molecular complexity index is 350. The molecule has 0 heterocycles. The van der Waals surface area contributed by atoms with Crippen LogP contribution >= 0.6 is 0 Å². The Morgan fingerprint density at radius 1 is 1.25 bits per heavy atom. The van der Waals surface area contributed by atoms with Crippen LogP contribution in [-0.2, 0) is 4.79 Å². The van der Waals surface area contributed by atoms with Crippen molar-refractivity contribution in [2.45, 2.75) is 59.4 Å². The Balaban J connectivity index is 2.44. The first-order chi connectivity index (χ1) is 9.21. The van der Waals surface area contributed by atoms with Gasteiger partial charge >= 0.3 is 12.0 Å². The molecule has 1 aliphatic rings. The van der Waals surface area contributed by atoms with Crippen LogP contribution in [0.15, 0.2) is 0 Å². The Hall–Kier alpha value is -1.26. The van der Waals surface area contributed by atoms with E-state index in [9.17, 15) is 14.7 Å². The fourth-order valence-corrected chi connectivity index (χ4v) is 2.75. The Morgan fingerprint density at radius 2 is 1.85 bits per heavy atom. The van der Waals surface area contributed by atoms with Gasteiger partial charge in [0.2, 0.25) is 0 Å². The molecule has 0 spiro atoms. The first kappa shape index (κ1) is 16.8. The third kappa shape index (κ3) is 5.02. The second-order valence-corrected chi connectivity index (χ2v) is 7.01. The highest BCUT2D eigenvalue weighted by Gasteiger charge is 2.32. The molecule has 1 saturated carbocycles. The van der Waals surface area contributed by atoms with Crippen LogP contribution in [0.25, 0.3) is 0 Å². The molecule has 1 fully saturated rings. The van der Waals surface area contributed by atoms with E-state index in [1.807, 2.05) is 0 Å². The van der Waals surface area contributed by atoms with Crippen molar-refractivity contribution in [3.63, 3.8) is 0 Å². The van der Waals surface area contributed by atoms with E-state index in [-0.39, 0.29) is 6.03 Å². The number of aliphatic carboxylic acids is 1. The van der Waals surface area contributed by atoms with E-state index >= 15 is 0 Å². The number of carboxylic acid groups (broad SMARTS) is 1. The zero-order valence-electron chi connectivity index (χ0n) is 13.0. The number of carbonyl (C=O) groups excluding carboxylic acids is 1. The van der Waals surface area contributed by atoms with Crippen LogP contribution < -0.4 is 10.6 Å². The van der Waals surface area contributed by atoms with Gasteiger partial charge < -0.3 is 15.7 Å². The average molecular weight is 284 g/mol. The van der Waals surface area contributed by atoms with E-state index < -0.39 is 17.4 Å². The van der Waals surface area contributed by atoms with E-state index in [0.717, 1.165) is 6.42 Å². The molecular weight excluding hydrogens is 256 g/mol. The fourth-order valence-electron chi connectivity index (χ4n) is 2.75. The number of carboxylic acids is 1. The quantitative estimate of drug-likeness (QED) is 0.742. The molecule has 0 aromatic rings. The molecule has 0 aliphatic heterocycles. The summed E-state index contributed by atoms with van der Waals surface area (Å²) in [6.45, 7) is 8.25. The topological polar surface area (TPSA) is 78.4 Å². The van der Waals surface area contributed by atoms with E-state index in [2.05, 4.69) is 17.6 Å². The highest BCUT2D eigenvalue weighted by Crippen LogP contribution is 2.28. The van der Waals surface area contributed by atoms with Crippen LogP contribution in [0.3, 0.4) is 0 Å². The molecule has 1 rings (SSSR count). The van der Waals surface area contributed by atoms with E-state index in [1.165, 1.54) is 19.3 Å². The molecule has 5 heteroatoms. The van der Waals surface area contributed by atoms with Gasteiger partial charge in [0.05, 0.1) is 0 Å². The summed E-state index contributed by atoms with van der Waals surface area (Å²) in [5.41, 5.74) is -0.513. The molecule has 0 saturated heterocycles. The summed E-state index contributed by atoms with van der Waals surface area (Å²) in [5, 5.41) is 14.6. The van der Waals surface area contributed by atoms with Gasteiger partial charge in [0, 0.05) is 6.54 Å². The first-order valence-corrected chi connectivity index (χ1v) is 7.49. The Morgan fingerprint density at radius 3 is 2.35 bits per heavy atom. The zero-order valence-corrected chi connectivity index (χ0v) is 13.0. The number of urea groups is 1. The van der Waals surface area contributed by atoms with E-state index in [0.29, 0.717) is 18.4 Å². The minimum atomic E-state index is -1.00. The maximum absolute atomic E-state index is 11.9. The second kappa shape index (κ2) is 6.95. The number of hydrogen-bond donors (Lipinski definition) is 3. The average Bonchev–Trinajstić information content (AvgIpc) is 2.33. The minimum Gasteiger partial charge on any atom is -0.480 e. The molecule has 3 atom stereocenters. The van der Waals surface area contributed by atoms with Crippen LogP contribution in [-0.4, -0.2) is 29.7 Å². The third-order valence-corrected chi connectivity index (χ3v) is 4.20. The highest BCUT2D eigenvalue weighted by molar-refractivity contribution is 5.83. The van der Waals surface area contributed by atoms with E-state index in [4.69, 9.17) is 0 Å². The molecule has 1 aliphatic carbocycles. The predicted molar refractivity (Wildman–Crippen MR) is 78.5 cm³/mol. The van der Waals surface area contributed by atoms with Crippen molar-refractivity contribution in [1.29, 1.82) is 0 Å². The fraction of sp³-hybridized carbons (Fsp3) is 0.867. The summed E-state index contributed by atoms with van der Waals surface area (Å²) in [5.74, 6) is 0.132. The normalized spacial score (nSPS) is 24.8. The first-order valence-electron chi connectivity index (χ1n) is 7.49. The largest absolute Gasteiger partial charge is 0.480 e. The maximum atomic E-state index is 11.9. The van der Waals surface area contributed by atoms with Crippen molar-refractivity contribution < 1.29 is 14.7 Å². The van der Waals surface area contributed by atoms with Gasteiger partial charge in [0.15, 0.2) is 0 Å². The molecule has 0 aromatic heterocycles. The number of hydrogen-bond acceptors (Lipinski definition) is 2. The van der Waals surface area contributed by atoms with Gasteiger partial charge in [-0.15, -0.1) is 0 Å². The molecule has 5 nitrogen and oxygen atoms in total. The lowest BCUT2D eigenvalue weighted by molar-refractivity contribution is -0.141. The number of amides is 2. The molecule has 20 heavy (non-hydrogen) atoms. The minimum absolute atomic E-state index is 0.384. The number of nitrogens with one attached hydrogen (secondary N) is 2. The lowest BCUT2D eigenvalue weighted by atomic mass is 9.80. The van der Waals surface area contributed by atoms with Crippen LogP contribution in [0.4, 0.5) is 4.79 Å². The van der Waals surface area contributed by atoms with Crippen molar-refractivity contribution in [1.82, 2.24) is 10.6 Å². The van der Waals surface area contributed by atoms with Crippen LogP contribution in [0.1, 0.15) is 53.4 Å². The smallest absolute Gasteiger partial charge is 0.326 e. The SMILES string of the molecule is CC1CCCCC1CNC(=O)NC(C(=O)O)C(C)(C)C. The summed E-state index contributed by atoms with van der Waals surface area (Å²) in [4.78, 5) is 23.1. The third-order valence-electron chi connectivity index (χ3n) is 4.20. The van der Waals surface area contributed by atoms with Crippen molar-refractivity contribution in [3.05, 3.63) is 0 Å². The van der Waals surface area contributed by atoms with Gasteiger partial charge in [-0.1, -0.05) is 47.0 Å². The van der Waals surface area contributed by atoms with Gasteiger partial charge in [0.25, 0.3) is 0 Å². The van der Waals surface area contributed by atoms with Crippen LogP contribution in [0, 0.1) is 17.3 Å². The monoisotopic (exact) mass is 284 g/mol. The highest BCUT2D eigenvalue weighted by atomic mass is 16.4. The predicted octanol–water partition coefficient (Wildman–Crippen LogP) is 2.61. The van der Waals surface area contributed by atoms with Crippen molar-refractivity contribution in [3.8, 4) is 0 Å². The summed E-state index contributed by atoms with van der Waals surface area (Å²) in [7, 11) is 0. The maximum Gasteiger partial charge on any atom is 0.326 e. The van der Waals surface area contributed by atoms with Crippen molar-refractivity contribution in [2.75, 3.05) is 6.54 Å². The molecule has 0 aromatic carbocycles. The Labute approximate surface area is 121 Å². The van der Waals surface area contributed by atoms with Gasteiger partial charge in [0.1, 0.15) is 6.04 Å². The number of carbonyl (C=O) groups is 2. The molecule has 3 N–H and O–H groups in total. The Kier molecular flexibility index (Phi) is 5.84. The van der Waals surface area contributed by atoms with Crippen LogP contribution in [0.2, 0.25) is 0 Å². The molecule has 116 valence electrons. The van der Waals surface area contributed by atoms with Crippen LogP contribution in [0.5, 0.6) is 0 Å². The van der Waals surface area contributed by atoms with Gasteiger partial charge in [-0.2, -0.15) is 0 Å². The summed E-state index contributed by atoms with van der Waals surface area (Å²) in [6.07, 6.45) is 4.85.